The first kappa shape index (κ1) is 20.3. The van der Waals surface area contributed by atoms with Gasteiger partial charge in [-0.25, -0.2) is 4.79 Å². The van der Waals surface area contributed by atoms with Crippen LogP contribution in [0.5, 0.6) is 0 Å². The molecule has 0 aliphatic heterocycles. The average Bonchev–Trinajstić information content (AvgIpc) is 2.44. The molecule has 1 fully saturated rings. The largest absolute Gasteiger partial charge is 0.481 e. The maximum atomic E-state index is 11.9. The van der Waals surface area contributed by atoms with Gasteiger partial charge in [-0.1, -0.05) is 19.3 Å². The zero-order valence-electron chi connectivity index (χ0n) is 15.0. The van der Waals surface area contributed by atoms with E-state index in [0.717, 1.165) is 32.1 Å². The summed E-state index contributed by atoms with van der Waals surface area (Å²) < 4.78 is 10.1. The molecule has 0 bridgehead atoms. The molecule has 0 spiro atoms. The van der Waals surface area contributed by atoms with Crippen molar-refractivity contribution in [3.05, 3.63) is 0 Å². The number of carbonyl (C=O) groups excluding carboxylic acids is 2. The van der Waals surface area contributed by atoms with Gasteiger partial charge in [-0.2, -0.15) is 0 Å². The van der Waals surface area contributed by atoms with Crippen LogP contribution in [0.4, 0.5) is 4.79 Å². The molecule has 0 aromatic heterocycles. The van der Waals surface area contributed by atoms with Gasteiger partial charge >= 0.3 is 18.0 Å². The molecule has 1 aliphatic rings. The lowest BCUT2D eigenvalue weighted by molar-refractivity contribution is -0.174. The Hall–Kier alpha value is -1.79. The summed E-state index contributed by atoms with van der Waals surface area (Å²) in [6.45, 7) is 6.84. The Morgan fingerprint density at radius 2 is 1.71 bits per heavy atom. The van der Waals surface area contributed by atoms with Crippen LogP contribution in [0.3, 0.4) is 0 Å². The highest BCUT2D eigenvalue weighted by molar-refractivity contribution is 5.75. The third kappa shape index (κ3) is 6.76. The minimum absolute atomic E-state index is 0.0296. The van der Waals surface area contributed by atoms with Crippen LogP contribution in [0, 0.1) is 10.8 Å². The number of carboxylic acids is 1. The maximum Gasteiger partial charge on any atom is 0.410 e. The fourth-order valence-electron chi connectivity index (χ4n) is 2.84. The number of carbonyl (C=O) groups is 3. The van der Waals surface area contributed by atoms with Crippen molar-refractivity contribution in [2.24, 2.45) is 10.8 Å². The van der Waals surface area contributed by atoms with E-state index < -0.39 is 35.2 Å². The summed E-state index contributed by atoms with van der Waals surface area (Å²) >= 11 is 0. The molecule has 0 aromatic carbocycles. The third-order valence-electron chi connectivity index (χ3n) is 4.21. The molecule has 0 radical (unpaired) electrons. The van der Waals surface area contributed by atoms with E-state index in [-0.39, 0.29) is 13.0 Å². The summed E-state index contributed by atoms with van der Waals surface area (Å²) in [4.78, 5) is 34.7. The molecule has 1 atom stereocenters. The molecule has 0 saturated heterocycles. The van der Waals surface area contributed by atoms with E-state index >= 15 is 0 Å². The van der Waals surface area contributed by atoms with Gasteiger partial charge in [-0.05, 0) is 39.0 Å². The second-order valence-electron chi connectivity index (χ2n) is 7.61. The lowest BCUT2D eigenvalue weighted by atomic mass is 9.72. The molecular formula is C17H29NO6. The summed E-state index contributed by atoms with van der Waals surface area (Å²) in [5.74, 6) is -1.32. The number of rotatable bonds is 6. The van der Waals surface area contributed by atoms with Crippen molar-refractivity contribution in [1.82, 2.24) is 5.32 Å². The third-order valence-corrected chi connectivity index (χ3v) is 4.21. The molecule has 7 heteroatoms. The second kappa shape index (κ2) is 8.35. The lowest BCUT2D eigenvalue weighted by Gasteiger charge is -2.36. The molecule has 1 saturated carbocycles. The van der Waals surface area contributed by atoms with Gasteiger partial charge in [-0.15, -0.1) is 0 Å². The molecule has 7 nitrogen and oxygen atoms in total. The Balaban J connectivity index is 2.48. The molecule has 138 valence electrons. The fraction of sp³-hybridized carbons (Fsp3) is 0.824. The van der Waals surface area contributed by atoms with Gasteiger partial charge in [0.15, 0.2) is 0 Å². The van der Waals surface area contributed by atoms with E-state index in [4.69, 9.17) is 14.6 Å². The maximum absolute atomic E-state index is 11.9. The summed E-state index contributed by atoms with van der Waals surface area (Å²) in [7, 11) is 0. The first-order chi connectivity index (χ1) is 11.0. The predicted molar refractivity (Wildman–Crippen MR) is 87.3 cm³/mol. The van der Waals surface area contributed by atoms with Gasteiger partial charge in [0.2, 0.25) is 6.29 Å². The molecule has 0 heterocycles. The summed E-state index contributed by atoms with van der Waals surface area (Å²) in [6, 6.07) is 0. The van der Waals surface area contributed by atoms with Gasteiger partial charge in [0.25, 0.3) is 0 Å². The Labute approximate surface area is 143 Å². The number of alkyl carbamates (subject to hydrolysis) is 1. The van der Waals surface area contributed by atoms with Crippen LogP contribution in [-0.4, -0.2) is 36.0 Å². The number of hydrogen-bond acceptors (Lipinski definition) is 5. The van der Waals surface area contributed by atoms with Crippen LogP contribution in [-0.2, 0) is 19.1 Å². The van der Waals surface area contributed by atoms with Crippen LogP contribution < -0.4 is 5.32 Å². The second-order valence-corrected chi connectivity index (χ2v) is 7.61. The number of ether oxygens (including phenoxy) is 2. The van der Waals surface area contributed by atoms with Crippen molar-refractivity contribution in [2.45, 2.75) is 72.5 Å². The quantitative estimate of drug-likeness (QED) is 0.567. The van der Waals surface area contributed by atoms with Crippen molar-refractivity contribution >= 4 is 18.0 Å². The van der Waals surface area contributed by atoms with Gasteiger partial charge in [0, 0.05) is 13.5 Å². The predicted octanol–water partition coefficient (Wildman–Crippen LogP) is 3.07. The Kier molecular flexibility index (Phi) is 7.05. The standard InChI is InChI=1S/C17H29NO6/c1-12(23-14(21)16(2,3)4)24-15(22)18-11-17(10-13(19)20)8-6-5-7-9-17/h12H,5-11H2,1-4H3,(H,18,22)(H,19,20). The van der Waals surface area contributed by atoms with Crippen molar-refractivity contribution in [2.75, 3.05) is 6.54 Å². The highest BCUT2D eigenvalue weighted by Gasteiger charge is 2.35. The normalized spacial score (nSPS) is 18.3. The topological polar surface area (TPSA) is 102 Å². The number of hydrogen-bond donors (Lipinski definition) is 2. The zero-order valence-corrected chi connectivity index (χ0v) is 15.0. The molecule has 1 amide bonds. The van der Waals surface area contributed by atoms with Gasteiger partial charge in [0.1, 0.15) is 0 Å². The van der Waals surface area contributed by atoms with E-state index in [0.29, 0.717) is 0 Å². The van der Waals surface area contributed by atoms with Crippen LogP contribution >= 0.6 is 0 Å². The molecule has 1 aliphatic carbocycles. The van der Waals surface area contributed by atoms with Crippen molar-refractivity contribution in [3.8, 4) is 0 Å². The van der Waals surface area contributed by atoms with Crippen LogP contribution in [0.15, 0.2) is 0 Å². The minimum atomic E-state index is -1.00. The van der Waals surface area contributed by atoms with Crippen molar-refractivity contribution in [3.63, 3.8) is 0 Å². The summed E-state index contributed by atoms with van der Waals surface area (Å²) in [5.41, 5.74) is -1.10. The number of aliphatic carboxylic acids is 1. The molecule has 24 heavy (non-hydrogen) atoms. The van der Waals surface area contributed by atoms with E-state index in [1.807, 2.05) is 0 Å². The highest BCUT2D eigenvalue weighted by atomic mass is 16.7. The molecular weight excluding hydrogens is 314 g/mol. The van der Waals surface area contributed by atoms with Crippen LogP contribution in [0.1, 0.15) is 66.2 Å². The molecule has 2 N–H and O–H groups in total. The van der Waals surface area contributed by atoms with E-state index in [1.165, 1.54) is 6.92 Å². The Morgan fingerprint density at radius 3 is 2.21 bits per heavy atom. The summed E-state index contributed by atoms with van der Waals surface area (Å²) in [6.07, 6.45) is 2.88. The average molecular weight is 343 g/mol. The van der Waals surface area contributed by atoms with Gasteiger partial charge in [0.05, 0.1) is 11.8 Å². The van der Waals surface area contributed by atoms with Crippen LogP contribution in [0.2, 0.25) is 0 Å². The van der Waals surface area contributed by atoms with Crippen molar-refractivity contribution < 1.29 is 29.0 Å². The number of esters is 1. The Morgan fingerprint density at radius 1 is 1.12 bits per heavy atom. The van der Waals surface area contributed by atoms with Crippen LogP contribution in [0.25, 0.3) is 0 Å². The molecule has 0 aromatic rings. The highest BCUT2D eigenvalue weighted by Crippen LogP contribution is 2.38. The summed E-state index contributed by atoms with van der Waals surface area (Å²) in [5, 5.41) is 11.7. The number of nitrogens with one attached hydrogen (secondary N) is 1. The SMILES string of the molecule is CC(OC(=O)NCC1(CC(=O)O)CCCCC1)OC(=O)C(C)(C)C. The Bertz CT molecular complexity index is 462. The lowest BCUT2D eigenvalue weighted by Crippen LogP contribution is -2.42. The van der Waals surface area contributed by atoms with Crippen molar-refractivity contribution in [1.29, 1.82) is 0 Å². The first-order valence-electron chi connectivity index (χ1n) is 8.41. The minimum Gasteiger partial charge on any atom is -0.481 e. The molecule has 1 rings (SSSR count). The molecule has 1 unspecified atom stereocenters. The van der Waals surface area contributed by atoms with E-state index in [9.17, 15) is 14.4 Å². The fourth-order valence-corrected chi connectivity index (χ4v) is 2.84. The number of carboxylic acid groups (broad SMARTS) is 1. The smallest absolute Gasteiger partial charge is 0.410 e. The van der Waals surface area contributed by atoms with E-state index in [2.05, 4.69) is 5.32 Å². The van der Waals surface area contributed by atoms with E-state index in [1.54, 1.807) is 20.8 Å². The zero-order chi connectivity index (χ0) is 18.4. The monoisotopic (exact) mass is 343 g/mol. The first-order valence-corrected chi connectivity index (χ1v) is 8.41. The van der Waals surface area contributed by atoms with Gasteiger partial charge in [-0.3, -0.25) is 9.59 Å². The number of amides is 1. The van der Waals surface area contributed by atoms with Gasteiger partial charge < -0.3 is 19.9 Å².